The van der Waals surface area contributed by atoms with Gasteiger partial charge in [0.05, 0.1) is 0 Å². The molecule has 0 saturated carbocycles. The second kappa shape index (κ2) is 3.85. The fraction of sp³-hybridized carbons (Fsp3) is 0.375. The van der Waals surface area contributed by atoms with E-state index >= 15 is 0 Å². The SMILES string of the molecule is CCN(C)c1ncc(Br)cc1F. The monoisotopic (exact) mass is 232 g/mol. The van der Waals surface area contributed by atoms with Gasteiger partial charge >= 0.3 is 0 Å². The second-order valence-corrected chi connectivity index (χ2v) is 3.39. The minimum Gasteiger partial charge on any atom is -0.358 e. The highest BCUT2D eigenvalue weighted by atomic mass is 79.9. The number of aromatic nitrogens is 1. The third kappa shape index (κ3) is 1.94. The largest absolute Gasteiger partial charge is 0.358 e. The highest BCUT2D eigenvalue weighted by Crippen LogP contribution is 2.18. The summed E-state index contributed by atoms with van der Waals surface area (Å²) in [7, 11) is 1.80. The maximum absolute atomic E-state index is 13.2. The van der Waals surface area contributed by atoms with Crippen molar-refractivity contribution in [3.8, 4) is 0 Å². The van der Waals surface area contributed by atoms with E-state index in [4.69, 9.17) is 0 Å². The van der Waals surface area contributed by atoms with Crippen LogP contribution in [0.25, 0.3) is 0 Å². The Morgan fingerprint density at radius 3 is 2.83 bits per heavy atom. The summed E-state index contributed by atoms with van der Waals surface area (Å²) in [5.74, 6) is 0.0921. The lowest BCUT2D eigenvalue weighted by molar-refractivity contribution is 0.615. The normalized spacial score (nSPS) is 10.0. The smallest absolute Gasteiger partial charge is 0.166 e. The predicted molar refractivity (Wildman–Crippen MR) is 50.8 cm³/mol. The first-order valence-electron chi connectivity index (χ1n) is 3.67. The van der Waals surface area contributed by atoms with Gasteiger partial charge in [-0.15, -0.1) is 0 Å². The van der Waals surface area contributed by atoms with Gasteiger partial charge in [-0.3, -0.25) is 0 Å². The molecule has 0 unspecified atom stereocenters. The Morgan fingerprint density at radius 1 is 1.67 bits per heavy atom. The molecule has 0 bridgehead atoms. The van der Waals surface area contributed by atoms with Crippen LogP contribution in [0, 0.1) is 5.82 Å². The van der Waals surface area contributed by atoms with Crippen LogP contribution < -0.4 is 4.90 Å². The average molecular weight is 233 g/mol. The summed E-state index contributed by atoms with van der Waals surface area (Å²) in [5, 5.41) is 0. The van der Waals surface area contributed by atoms with Crippen LogP contribution in [-0.4, -0.2) is 18.6 Å². The highest BCUT2D eigenvalue weighted by Gasteiger charge is 2.06. The lowest BCUT2D eigenvalue weighted by Crippen LogP contribution is -2.18. The van der Waals surface area contributed by atoms with E-state index in [-0.39, 0.29) is 5.82 Å². The van der Waals surface area contributed by atoms with Gasteiger partial charge in [-0.1, -0.05) is 0 Å². The van der Waals surface area contributed by atoms with Gasteiger partial charge in [0.2, 0.25) is 0 Å². The summed E-state index contributed by atoms with van der Waals surface area (Å²) < 4.78 is 13.8. The molecular formula is C8H10BrFN2. The zero-order valence-electron chi connectivity index (χ0n) is 7.01. The molecule has 4 heteroatoms. The van der Waals surface area contributed by atoms with Crippen LogP contribution in [0.5, 0.6) is 0 Å². The van der Waals surface area contributed by atoms with Crippen molar-refractivity contribution in [2.45, 2.75) is 6.92 Å². The summed E-state index contributed by atoms with van der Waals surface area (Å²) in [6.45, 7) is 2.69. The lowest BCUT2D eigenvalue weighted by atomic mass is 10.4. The number of rotatable bonds is 2. The van der Waals surface area contributed by atoms with Crippen LogP contribution in [0.2, 0.25) is 0 Å². The van der Waals surface area contributed by atoms with Crippen molar-refractivity contribution in [2.75, 3.05) is 18.5 Å². The maximum Gasteiger partial charge on any atom is 0.166 e. The summed E-state index contributed by atoms with van der Waals surface area (Å²) in [6.07, 6.45) is 1.59. The fourth-order valence-corrected chi connectivity index (χ4v) is 1.14. The molecule has 0 fully saturated rings. The van der Waals surface area contributed by atoms with Crippen molar-refractivity contribution in [3.05, 3.63) is 22.6 Å². The minimum atomic E-state index is -0.297. The van der Waals surface area contributed by atoms with Crippen molar-refractivity contribution < 1.29 is 4.39 Å². The zero-order valence-corrected chi connectivity index (χ0v) is 8.60. The average Bonchev–Trinajstić information content (AvgIpc) is 2.03. The van der Waals surface area contributed by atoms with Crippen LogP contribution in [-0.2, 0) is 0 Å². The molecule has 0 aliphatic heterocycles. The minimum absolute atomic E-state index is 0.297. The maximum atomic E-state index is 13.2. The first-order chi connectivity index (χ1) is 5.65. The van der Waals surface area contributed by atoms with E-state index in [1.807, 2.05) is 6.92 Å². The number of anilines is 1. The van der Waals surface area contributed by atoms with E-state index < -0.39 is 0 Å². The molecule has 12 heavy (non-hydrogen) atoms. The van der Waals surface area contributed by atoms with Crippen LogP contribution in [0.15, 0.2) is 16.7 Å². The Hall–Kier alpha value is -0.640. The Kier molecular flexibility index (Phi) is 3.03. The molecular weight excluding hydrogens is 223 g/mol. The third-order valence-corrected chi connectivity index (χ3v) is 2.06. The second-order valence-electron chi connectivity index (χ2n) is 2.47. The quantitative estimate of drug-likeness (QED) is 0.779. The molecule has 0 atom stereocenters. The summed E-state index contributed by atoms with van der Waals surface area (Å²) in [4.78, 5) is 5.70. The summed E-state index contributed by atoms with van der Waals surface area (Å²) in [5.41, 5.74) is 0. The van der Waals surface area contributed by atoms with Crippen molar-refractivity contribution in [1.29, 1.82) is 0 Å². The van der Waals surface area contributed by atoms with Crippen molar-refractivity contribution in [3.63, 3.8) is 0 Å². The Bertz CT molecular complexity index is 278. The number of hydrogen-bond donors (Lipinski definition) is 0. The van der Waals surface area contributed by atoms with Crippen molar-refractivity contribution >= 4 is 21.7 Å². The van der Waals surface area contributed by atoms with Gasteiger partial charge in [0.15, 0.2) is 11.6 Å². The van der Waals surface area contributed by atoms with Gasteiger partial charge in [-0.25, -0.2) is 9.37 Å². The molecule has 0 spiro atoms. The molecule has 0 saturated heterocycles. The van der Waals surface area contributed by atoms with E-state index in [0.29, 0.717) is 10.3 Å². The molecule has 1 aromatic rings. The number of hydrogen-bond acceptors (Lipinski definition) is 2. The Labute approximate surface area is 79.5 Å². The van der Waals surface area contributed by atoms with Crippen molar-refractivity contribution in [1.82, 2.24) is 4.98 Å². The van der Waals surface area contributed by atoms with E-state index in [1.54, 1.807) is 18.1 Å². The first kappa shape index (κ1) is 9.45. The van der Waals surface area contributed by atoms with Gasteiger partial charge in [-0.05, 0) is 28.9 Å². The number of pyridine rings is 1. The summed E-state index contributed by atoms with van der Waals surface area (Å²) >= 11 is 3.15. The van der Waals surface area contributed by atoms with E-state index in [9.17, 15) is 4.39 Å². The number of nitrogens with zero attached hydrogens (tertiary/aromatic N) is 2. The van der Waals surface area contributed by atoms with Gasteiger partial charge in [-0.2, -0.15) is 0 Å². The third-order valence-electron chi connectivity index (χ3n) is 1.62. The zero-order chi connectivity index (χ0) is 9.14. The van der Waals surface area contributed by atoms with Gasteiger partial charge in [0, 0.05) is 24.3 Å². The van der Waals surface area contributed by atoms with Crippen LogP contribution >= 0.6 is 15.9 Å². The van der Waals surface area contributed by atoms with E-state index in [2.05, 4.69) is 20.9 Å². The van der Waals surface area contributed by atoms with Crippen LogP contribution in [0.1, 0.15) is 6.92 Å². The number of halogens is 2. The molecule has 66 valence electrons. The van der Waals surface area contributed by atoms with Crippen molar-refractivity contribution in [2.24, 2.45) is 0 Å². The standard InChI is InChI=1S/C8H10BrFN2/c1-3-12(2)8-7(10)4-6(9)5-11-8/h4-5H,3H2,1-2H3. The Morgan fingerprint density at radius 2 is 2.33 bits per heavy atom. The molecule has 0 radical (unpaired) electrons. The van der Waals surface area contributed by atoms with Gasteiger partial charge in [0.1, 0.15) is 0 Å². The predicted octanol–water partition coefficient (Wildman–Crippen LogP) is 2.44. The molecule has 0 aliphatic carbocycles. The molecule has 1 heterocycles. The molecule has 1 aromatic heterocycles. The van der Waals surface area contributed by atoms with E-state index in [1.165, 1.54) is 6.07 Å². The summed E-state index contributed by atoms with van der Waals surface area (Å²) in [6, 6.07) is 1.41. The van der Waals surface area contributed by atoms with E-state index in [0.717, 1.165) is 6.54 Å². The molecule has 2 nitrogen and oxygen atoms in total. The highest BCUT2D eigenvalue weighted by molar-refractivity contribution is 9.10. The molecule has 0 aliphatic rings. The molecule has 1 rings (SSSR count). The van der Waals surface area contributed by atoms with Gasteiger partial charge in [0.25, 0.3) is 0 Å². The molecule has 0 N–H and O–H groups in total. The van der Waals surface area contributed by atoms with Crippen LogP contribution in [0.3, 0.4) is 0 Å². The Balaban J connectivity index is 3.01. The topological polar surface area (TPSA) is 16.1 Å². The fourth-order valence-electron chi connectivity index (χ4n) is 0.838. The molecule has 0 amide bonds. The lowest BCUT2D eigenvalue weighted by Gasteiger charge is -2.15. The molecule has 0 aromatic carbocycles. The first-order valence-corrected chi connectivity index (χ1v) is 4.46. The van der Waals surface area contributed by atoms with Crippen LogP contribution in [0.4, 0.5) is 10.2 Å². The van der Waals surface area contributed by atoms with Gasteiger partial charge < -0.3 is 4.90 Å².